The molecule has 2 aromatic heterocycles. The summed E-state index contributed by atoms with van der Waals surface area (Å²) in [5.74, 6) is 0.323. The lowest BCUT2D eigenvalue weighted by Crippen LogP contribution is -2.23. The SMILES string of the molecule is COCc1nc2nc[nH]n2c(=O)c1Cc1ccc(-c2ccccc2C#N)cc1. The quantitative estimate of drug-likeness (QED) is 0.582. The molecule has 28 heavy (non-hydrogen) atoms. The van der Waals surface area contributed by atoms with Crippen molar-refractivity contribution in [3.63, 3.8) is 0 Å². The molecule has 7 heteroatoms. The Hall–Kier alpha value is -3.76. The van der Waals surface area contributed by atoms with Gasteiger partial charge in [-0.15, -0.1) is 0 Å². The minimum atomic E-state index is -0.187. The van der Waals surface area contributed by atoms with E-state index >= 15 is 0 Å². The summed E-state index contributed by atoms with van der Waals surface area (Å²) in [6.45, 7) is 0.238. The molecule has 0 unspecified atom stereocenters. The second-order valence-corrected chi connectivity index (χ2v) is 6.33. The molecule has 0 fully saturated rings. The summed E-state index contributed by atoms with van der Waals surface area (Å²) in [4.78, 5) is 21.3. The summed E-state index contributed by atoms with van der Waals surface area (Å²) in [5, 5.41) is 12.1. The van der Waals surface area contributed by atoms with Gasteiger partial charge < -0.3 is 4.74 Å². The average Bonchev–Trinajstić information content (AvgIpc) is 3.20. The number of nitriles is 1. The second kappa shape index (κ2) is 7.47. The number of methoxy groups -OCH3 is 1. The Bertz CT molecular complexity index is 1230. The van der Waals surface area contributed by atoms with Gasteiger partial charge in [0, 0.05) is 19.1 Å². The zero-order chi connectivity index (χ0) is 19.5. The molecule has 2 aromatic carbocycles. The highest BCUT2D eigenvalue weighted by atomic mass is 16.5. The summed E-state index contributed by atoms with van der Waals surface area (Å²) < 4.78 is 6.54. The molecular weight excluding hydrogens is 354 g/mol. The lowest BCUT2D eigenvalue weighted by Gasteiger charge is -2.09. The van der Waals surface area contributed by atoms with Crippen molar-refractivity contribution in [2.45, 2.75) is 13.0 Å². The molecule has 0 amide bonds. The third-order valence-corrected chi connectivity index (χ3v) is 4.59. The zero-order valence-electron chi connectivity index (χ0n) is 15.2. The number of rotatable bonds is 5. The van der Waals surface area contributed by atoms with Crippen LogP contribution in [0.2, 0.25) is 0 Å². The Morgan fingerprint density at radius 1 is 1.18 bits per heavy atom. The molecule has 4 aromatic rings. The van der Waals surface area contributed by atoms with Gasteiger partial charge in [0.2, 0.25) is 0 Å². The normalized spacial score (nSPS) is 10.9. The van der Waals surface area contributed by atoms with Gasteiger partial charge in [-0.1, -0.05) is 42.5 Å². The van der Waals surface area contributed by atoms with Crippen LogP contribution in [0, 0.1) is 11.3 Å². The number of aromatic amines is 1. The number of fused-ring (bicyclic) bond motifs is 1. The molecule has 0 atom stereocenters. The van der Waals surface area contributed by atoms with Crippen LogP contribution in [0.3, 0.4) is 0 Å². The van der Waals surface area contributed by atoms with Crippen molar-refractivity contribution in [1.29, 1.82) is 5.26 Å². The molecule has 0 aliphatic rings. The number of nitrogens with one attached hydrogen (secondary N) is 1. The highest BCUT2D eigenvalue weighted by Crippen LogP contribution is 2.24. The minimum Gasteiger partial charge on any atom is -0.378 e. The van der Waals surface area contributed by atoms with Crippen LogP contribution in [0.25, 0.3) is 16.9 Å². The van der Waals surface area contributed by atoms with Gasteiger partial charge >= 0.3 is 0 Å². The summed E-state index contributed by atoms with van der Waals surface area (Å²) in [6, 6.07) is 17.5. The Balaban J connectivity index is 1.70. The first-order valence-electron chi connectivity index (χ1n) is 8.72. The number of ether oxygens (including phenoxy) is 1. The Kier molecular flexibility index (Phi) is 4.70. The molecule has 0 aliphatic heterocycles. The molecule has 0 aliphatic carbocycles. The van der Waals surface area contributed by atoms with Crippen molar-refractivity contribution >= 4 is 5.78 Å². The fraction of sp³-hybridized carbons (Fsp3) is 0.143. The van der Waals surface area contributed by atoms with E-state index < -0.39 is 0 Å². The lowest BCUT2D eigenvalue weighted by atomic mass is 9.97. The van der Waals surface area contributed by atoms with Gasteiger partial charge in [0.05, 0.1) is 23.9 Å². The van der Waals surface area contributed by atoms with Gasteiger partial charge in [0.1, 0.15) is 6.33 Å². The maximum atomic E-state index is 12.8. The van der Waals surface area contributed by atoms with Gasteiger partial charge in [-0.3, -0.25) is 9.89 Å². The van der Waals surface area contributed by atoms with E-state index in [1.165, 1.54) is 10.8 Å². The van der Waals surface area contributed by atoms with Gasteiger partial charge in [0.25, 0.3) is 11.3 Å². The highest BCUT2D eigenvalue weighted by molar-refractivity contribution is 5.70. The number of benzene rings is 2. The van der Waals surface area contributed by atoms with Crippen LogP contribution in [-0.2, 0) is 17.8 Å². The number of hydrogen-bond acceptors (Lipinski definition) is 5. The van der Waals surface area contributed by atoms with E-state index in [4.69, 9.17) is 4.74 Å². The van der Waals surface area contributed by atoms with Crippen molar-refractivity contribution in [3.8, 4) is 17.2 Å². The summed E-state index contributed by atoms with van der Waals surface area (Å²) in [7, 11) is 1.57. The van der Waals surface area contributed by atoms with Crippen LogP contribution in [-0.4, -0.2) is 26.7 Å². The molecule has 0 spiro atoms. The van der Waals surface area contributed by atoms with Gasteiger partial charge in [0.15, 0.2) is 0 Å². The maximum absolute atomic E-state index is 12.8. The number of hydrogen-bond donors (Lipinski definition) is 1. The molecule has 0 saturated heterocycles. The number of nitrogens with zero attached hydrogens (tertiary/aromatic N) is 4. The minimum absolute atomic E-state index is 0.187. The average molecular weight is 371 g/mol. The standard InChI is InChI=1S/C21H17N5O2/c1-28-12-19-18(20(27)26-21(25-19)23-13-24-26)10-14-6-8-15(9-7-14)17-5-3-2-4-16(17)11-22/h2-9,13H,10,12H2,1H3,(H,23,24,25). The third-order valence-electron chi connectivity index (χ3n) is 4.59. The van der Waals surface area contributed by atoms with Gasteiger partial charge in [-0.2, -0.15) is 9.78 Å². The molecule has 2 heterocycles. The molecule has 0 radical (unpaired) electrons. The third kappa shape index (κ3) is 3.17. The number of aromatic nitrogens is 4. The predicted molar refractivity (Wildman–Crippen MR) is 104 cm³/mol. The van der Waals surface area contributed by atoms with E-state index in [9.17, 15) is 10.1 Å². The van der Waals surface area contributed by atoms with Crippen molar-refractivity contribution in [1.82, 2.24) is 19.6 Å². The first-order valence-corrected chi connectivity index (χ1v) is 8.72. The maximum Gasteiger partial charge on any atom is 0.277 e. The second-order valence-electron chi connectivity index (χ2n) is 6.33. The van der Waals surface area contributed by atoms with E-state index in [2.05, 4.69) is 21.1 Å². The highest BCUT2D eigenvalue weighted by Gasteiger charge is 2.15. The molecule has 7 nitrogen and oxygen atoms in total. The Morgan fingerprint density at radius 2 is 1.96 bits per heavy atom. The van der Waals surface area contributed by atoms with Crippen LogP contribution < -0.4 is 5.56 Å². The lowest BCUT2D eigenvalue weighted by molar-refractivity contribution is 0.180. The van der Waals surface area contributed by atoms with Gasteiger partial charge in [-0.05, 0) is 22.8 Å². The smallest absolute Gasteiger partial charge is 0.277 e. The molecule has 4 rings (SSSR count). The molecule has 0 saturated carbocycles. The molecule has 1 N–H and O–H groups in total. The first kappa shape index (κ1) is 17.6. The van der Waals surface area contributed by atoms with E-state index in [0.29, 0.717) is 29.0 Å². The molecular formula is C21H17N5O2. The van der Waals surface area contributed by atoms with E-state index in [0.717, 1.165) is 16.7 Å². The largest absolute Gasteiger partial charge is 0.378 e. The van der Waals surface area contributed by atoms with E-state index in [-0.39, 0.29) is 12.2 Å². The number of H-pyrrole nitrogens is 1. The van der Waals surface area contributed by atoms with E-state index in [1.54, 1.807) is 13.2 Å². The van der Waals surface area contributed by atoms with Gasteiger partial charge in [-0.25, -0.2) is 9.97 Å². The van der Waals surface area contributed by atoms with E-state index in [1.807, 2.05) is 42.5 Å². The molecule has 138 valence electrons. The summed E-state index contributed by atoms with van der Waals surface area (Å²) >= 11 is 0. The fourth-order valence-corrected chi connectivity index (χ4v) is 3.21. The monoisotopic (exact) mass is 371 g/mol. The van der Waals surface area contributed by atoms with Crippen molar-refractivity contribution in [2.24, 2.45) is 0 Å². The predicted octanol–water partition coefficient (Wildman–Crippen LogP) is 2.69. The summed E-state index contributed by atoms with van der Waals surface area (Å²) in [5.41, 5.74) is 4.40. The van der Waals surface area contributed by atoms with Crippen LogP contribution in [0.1, 0.15) is 22.4 Å². The van der Waals surface area contributed by atoms with Crippen LogP contribution in [0.4, 0.5) is 0 Å². The fourth-order valence-electron chi connectivity index (χ4n) is 3.21. The van der Waals surface area contributed by atoms with Crippen molar-refractivity contribution in [3.05, 3.63) is 87.6 Å². The van der Waals surface area contributed by atoms with Crippen molar-refractivity contribution < 1.29 is 4.74 Å². The van der Waals surface area contributed by atoms with Crippen molar-refractivity contribution in [2.75, 3.05) is 7.11 Å². The summed E-state index contributed by atoms with van der Waals surface area (Å²) in [6.07, 6.45) is 1.86. The first-order chi connectivity index (χ1) is 13.7. The Labute approximate surface area is 160 Å². The zero-order valence-corrected chi connectivity index (χ0v) is 15.2. The van der Waals surface area contributed by atoms with Crippen LogP contribution >= 0.6 is 0 Å². The Morgan fingerprint density at radius 3 is 2.71 bits per heavy atom. The molecule has 0 bridgehead atoms. The topological polar surface area (TPSA) is 96.1 Å². The van der Waals surface area contributed by atoms with Crippen LogP contribution in [0.15, 0.2) is 59.7 Å². The van der Waals surface area contributed by atoms with Crippen LogP contribution in [0.5, 0.6) is 0 Å².